The first-order valence-electron chi connectivity index (χ1n) is 9.11. The molecule has 0 fully saturated rings. The molecule has 0 aliphatic rings. The number of rotatable bonds is 11. The highest BCUT2D eigenvalue weighted by Gasteiger charge is 2.57. The standard InChI is InChI=1S/C19H33NO4/c1-7-11-12-24-17(21)16(13-20)19(14(5)8-2,15(6)9-3)18(22)23-10-4/h14-16H,7-12H2,1-6H3. The fourth-order valence-electron chi connectivity index (χ4n) is 3.26. The van der Waals surface area contributed by atoms with Gasteiger partial charge in [-0.25, -0.2) is 0 Å². The summed E-state index contributed by atoms with van der Waals surface area (Å²) in [5.74, 6) is -2.57. The fraction of sp³-hybridized carbons (Fsp3) is 0.842. The lowest BCUT2D eigenvalue weighted by Crippen LogP contribution is -2.52. The lowest BCUT2D eigenvalue weighted by molar-refractivity contribution is -0.176. The van der Waals surface area contributed by atoms with E-state index in [1.807, 2.05) is 34.6 Å². The molecule has 0 saturated heterocycles. The van der Waals surface area contributed by atoms with Crippen LogP contribution in [-0.2, 0) is 19.1 Å². The topological polar surface area (TPSA) is 76.4 Å². The fourth-order valence-corrected chi connectivity index (χ4v) is 3.26. The molecule has 0 aliphatic heterocycles. The molecule has 3 unspecified atom stereocenters. The Kier molecular flexibility index (Phi) is 10.3. The summed E-state index contributed by atoms with van der Waals surface area (Å²) >= 11 is 0. The maximum absolute atomic E-state index is 12.9. The maximum Gasteiger partial charge on any atom is 0.324 e. The lowest BCUT2D eigenvalue weighted by atomic mass is 9.59. The van der Waals surface area contributed by atoms with Crippen LogP contribution >= 0.6 is 0 Å². The summed E-state index contributed by atoms with van der Waals surface area (Å²) in [6, 6.07) is 2.06. The summed E-state index contributed by atoms with van der Waals surface area (Å²) in [7, 11) is 0. The Balaban J connectivity index is 5.97. The van der Waals surface area contributed by atoms with Gasteiger partial charge in [0, 0.05) is 0 Å². The van der Waals surface area contributed by atoms with Crippen molar-refractivity contribution < 1.29 is 19.1 Å². The molecule has 0 bridgehead atoms. The van der Waals surface area contributed by atoms with Gasteiger partial charge >= 0.3 is 11.9 Å². The largest absolute Gasteiger partial charge is 0.466 e. The third-order valence-electron chi connectivity index (χ3n) is 5.07. The quantitative estimate of drug-likeness (QED) is 0.418. The number of carbonyl (C=O) groups excluding carboxylic acids is 2. The van der Waals surface area contributed by atoms with Gasteiger partial charge in [-0.05, 0) is 25.2 Å². The summed E-state index contributed by atoms with van der Waals surface area (Å²) in [5, 5.41) is 9.74. The number of hydrogen-bond acceptors (Lipinski definition) is 5. The summed E-state index contributed by atoms with van der Waals surface area (Å²) < 4.78 is 10.6. The molecule has 0 N–H and O–H groups in total. The van der Waals surface area contributed by atoms with Crippen molar-refractivity contribution in [2.75, 3.05) is 13.2 Å². The zero-order valence-electron chi connectivity index (χ0n) is 16.1. The molecular weight excluding hydrogens is 306 g/mol. The van der Waals surface area contributed by atoms with Crippen molar-refractivity contribution in [3.05, 3.63) is 0 Å². The lowest BCUT2D eigenvalue weighted by Gasteiger charge is -2.43. The van der Waals surface area contributed by atoms with E-state index in [2.05, 4.69) is 6.07 Å². The van der Waals surface area contributed by atoms with Crippen LogP contribution in [0.3, 0.4) is 0 Å². The van der Waals surface area contributed by atoms with E-state index < -0.39 is 23.3 Å². The number of unbranched alkanes of at least 4 members (excludes halogenated alkanes) is 1. The summed E-state index contributed by atoms with van der Waals surface area (Å²) in [5.41, 5.74) is -1.18. The third-order valence-corrected chi connectivity index (χ3v) is 5.07. The highest BCUT2D eigenvalue weighted by Crippen LogP contribution is 2.47. The number of nitrogens with zero attached hydrogens (tertiary/aromatic N) is 1. The van der Waals surface area contributed by atoms with Gasteiger partial charge in [0.15, 0.2) is 5.92 Å². The molecule has 5 heteroatoms. The third kappa shape index (κ3) is 4.72. The summed E-state index contributed by atoms with van der Waals surface area (Å²) in [6.45, 7) is 12.0. The van der Waals surface area contributed by atoms with Crippen LogP contribution in [0, 0.1) is 34.5 Å². The zero-order valence-corrected chi connectivity index (χ0v) is 16.1. The first kappa shape index (κ1) is 22.4. The highest BCUT2D eigenvalue weighted by atomic mass is 16.5. The Morgan fingerprint density at radius 3 is 1.96 bits per heavy atom. The highest BCUT2D eigenvalue weighted by molar-refractivity contribution is 5.88. The van der Waals surface area contributed by atoms with Gasteiger partial charge in [0.25, 0.3) is 0 Å². The minimum Gasteiger partial charge on any atom is -0.466 e. The minimum atomic E-state index is -1.18. The Morgan fingerprint density at radius 1 is 1.04 bits per heavy atom. The Morgan fingerprint density at radius 2 is 1.58 bits per heavy atom. The molecular formula is C19H33NO4. The Labute approximate surface area is 146 Å². The van der Waals surface area contributed by atoms with Gasteiger partial charge in [0.1, 0.15) is 0 Å². The van der Waals surface area contributed by atoms with E-state index >= 15 is 0 Å². The van der Waals surface area contributed by atoms with Crippen molar-refractivity contribution in [2.45, 2.75) is 67.2 Å². The van der Waals surface area contributed by atoms with E-state index in [-0.39, 0.29) is 25.0 Å². The molecule has 0 radical (unpaired) electrons. The van der Waals surface area contributed by atoms with Gasteiger partial charge < -0.3 is 9.47 Å². The molecule has 0 saturated carbocycles. The molecule has 0 aromatic heterocycles. The van der Waals surface area contributed by atoms with Crippen molar-refractivity contribution >= 4 is 11.9 Å². The second-order valence-electron chi connectivity index (χ2n) is 6.36. The van der Waals surface area contributed by atoms with Crippen molar-refractivity contribution in [1.82, 2.24) is 0 Å². The number of nitriles is 1. The number of esters is 2. The predicted molar refractivity (Wildman–Crippen MR) is 92.9 cm³/mol. The monoisotopic (exact) mass is 339 g/mol. The average molecular weight is 339 g/mol. The van der Waals surface area contributed by atoms with Crippen molar-refractivity contribution in [1.29, 1.82) is 5.26 Å². The van der Waals surface area contributed by atoms with Gasteiger partial charge in [-0.2, -0.15) is 5.26 Å². The van der Waals surface area contributed by atoms with Gasteiger partial charge in [0.2, 0.25) is 0 Å². The van der Waals surface area contributed by atoms with Crippen molar-refractivity contribution in [2.24, 2.45) is 23.2 Å². The molecule has 24 heavy (non-hydrogen) atoms. The van der Waals surface area contributed by atoms with Gasteiger partial charge in [-0.3, -0.25) is 9.59 Å². The molecule has 5 nitrogen and oxygen atoms in total. The van der Waals surface area contributed by atoms with Crippen LogP contribution in [0.4, 0.5) is 0 Å². The van der Waals surface area contributed by atoms with Gasteiger partial charge in [0.05, 0.1) is 24.7 Å². The number of hydrogen-bond donors (Lipinski definition) is 0. The van der Waals surface area contributed by atoms with Gasteiger partial charge in [-0.15, -0.1) is 0 Å². The molecule has 0 aromatic carbocycles. The van der Waals surface area contributed by atoms with Crippen LogP contribution in [0.25, 0.3) is 0 Å². The Bertz CT molecular complexity index is 431. The van der Waals surface area contributed by atoms with Crippen molar-refractivity contribution in [3.63, 3.8) is 0 Å². The van der Waals surface area contributed by atoms with E-state index in [4.69, 9.17) is 9.47 Å². The molecule has 0 amide bonds. The van der Waals surface area contributed by atoms with Gasteiger partial charge in [-0.1, -0.05) is 53.9 Å². The molecule has 0 rings (SSSR count). The smallest absolute Gasteiger partial charge is 0.324 e. The van der Waals surface area contributed by atoms with E-state index in [1.165, 1.54) is 0 Å². The molecule has 138 valence electrons. The normalized spacial score (nSPS) is 17.0. The average Bonchev–Trinajstić information content (AvgIpc) is 2.58. The second kappa shape index (κ2) is 11.1. The molecule has 0 aliphatic carbocycles. The predicted octanol–water partition coefficient (Wildman–Crippen LogP) is 4.11. The van der Waals surface area contributed by atoms with Crippen LogP contribution < -0.4 is 0 Å². The molecule has 0 spiro atoms. The van der Waals surface area contributed by atoms with E-state index in [0.717, 1.165) is 12.8 Å². The molecule has 3 atom stereocenters. The van der Waals surface area contributed by atoms with Crippen LogP contribution in [0.2, 0.25) is 0 Å². The van der Waals surface area contributed by atoms with E-state index in [0.29, 0.717) is 12.8 Å². The number of carbonyl (C=O) groups is 2. The zero-order chi connectivity index (χ0) is 18.8. The van der Waals surface area contributed by atoms with E-state index in [1.54, 1.807) is 6.92 Å². The Hall–Kier alpha value is -1.57. The SMILES string of the molecule is CCCCOC(=O)C(C#N)C(C(=O)OCC)(C(C)CC)C(C)CC. The number of ether oxygens (including phenoxy) is 2. The van der Waals surface area contributed by atoms with Crippen molar-refractivity contribution in [3.8, 4) is 6.07 Å². The summed E-state index contributed by atoms with van der Waals surface area (Å²) in [6.07, 6.45) is 2.97. The molecule has 0 aromatic rings. The van der Waals surface area contributed by atoms with Crippen LogP contribution in [0.5, 0.6) is 0 Å². The van der Waals surface area contributed by atoms with E-state index in [9.17, 15) is 14.9 Å². The van der Waals surface area contributed by atoms with Crippen LogP contribution in [0.1, 0.15) is 67.2 Å². The maximum atomic E-state index is 12.9. The van der Waals surface area contributed by atoms with Crippen LogP contribution in [0.15, 0.2) is 0 Å². The first-order valence-corrected chi connectivity index (χ1v) is 9.11. The van der Waals surface area contributed by atoms with Crippen LogP contribution in [-0.4, -0.2) is 25.2 Å². The first-order chi connectivity index (χ1) is 11.4. The molecule has 0 heterocycles. The summed E-state index contributed by atoms with van der Waals surface area (Å²) in [4.78, 5) is 25.5. The minimum absolute atomic E-state index is 0.171. The second-order valence-corrected chi connectivity index (χ2v) is 6.36.